The molecule has 0 spiro atoms. The molecule has 0 radical (unpaired) electrons. The minimum absolute atomic E-state index is 0.142. The zero-order chi connectivity index (χ0) is 28.6. The summed E-state index contributed by atoms with van der Waals surface area (Å²) in [7, 11) is 0. The molecule has 2 fully saturated rings. The van der Waals surface area contributed by atoms with Gasteiger partial charge in [0, 0.05) is 44.3 Å². The van der Waals surface area contributed by atoms with Gasteiger partial charge in [0.05, 0.1) is 18.3 Å². The Bertz CT molecular complexity index is 1290. The molecule has 2 aliphatic rings. The van der Waals surface area contributed by atoms with Gasteiger partial charge >= 0.3 is 6.09 Å². The van der Waals surface area contributed by atoms with Crippen LogP contribution in [0.3, 0.4) is 0 Å². The van der Waals surface area contributed by atoms with Crippen molar-refractivity contribution < 1.29 is 23.8 Å². The van der Waals surface area contributed by atoms with Gasteiger partial charge in [0.15, 0.2) is 5.76 Å². The van der Waals surface area contributed by atoms with E-state index in [0.29, 0.717) is 18.8 Å². The van der Waals surface area contributed by atoms with E-state index in [1.165, 1.54) is 0 Å². The number of carbonyl (C=O) groups excluding carboxylic acids is 2. The van der Waals surface area contributed by atoms with Gasteiger partial charge in [0.2, 0.25) is 0 Å². The predicted octanol–water partition coefficient (Wildman–Crippen LogP) is 4.73. The van der Waals surface area contributed by atoms with Gasteiger partial charge in [0.25, 0.3) is 5.91 Å². The van der Waals surface area contributed by atoms with Crippen LogP contribution in [0.2, 0.25) is 0 Å². The molecule has 9 nitrogen and oxygen atoms in total. The second kappa shape index (κ2) is 13.8. The van der Waals surface area contributed by atoms with E-state index < -0.39 is 6.09 Å². The number of amides is 2. The summed E-state index contributed by atoms with van der Waals surface area (Å²) in [5, 5.41) is 15.7. The fraction of sp³-hybridized carbons (Fsp3) is 0.438. The molecule has 2 amide bonds. The molecule has 0 saturated carbocycles. The van der Waals surface area contributed by atoms with Gasteiger partial charge in [-0.3, -0.25) is 15.0 Å². The summed E-state index contributed by atoms with van der Waals surface area (Å²) >= 11 is 0. The molecule has 0 bridgehead atoms. The Hall–Kier alpha value is -3.66. The molecule has 2 aliphatic heterocycles. The van der Waals surface area contributed by atoms with Crippen LogP contribution < -0.4 is 10.6 Å². The van der Waals surface area contributed by atoms with Gasteiger partial charge < -0.3 is 24.5 Å². The molecule has 2 aromatic carbocycles. The van der Waals surface area contributed by atoms with Crippen molar-refractivity contribution in [2.75, 3.05) is 38.0 Å². The van der Waals surface area contributed by atoms with Crippen molar-refractivity contribution in [2.45, 2.75) is 57.4 Å². The van der Waals surface area contributed by atoms with E-state index >= 15 is 0 Å². The summed E-state index contributed by atoms with van der Waals surface area (Å²) in [6, 6.07) is 21.5. The Morgan fingerprint density at radius 2 is 1.73 bits per heavy atom. The smallest absolute Gasteiger partial charge is 0.411 e. The first-order chi connectivity index (χ1) is 19.9. The first-order valence-electron chi connectivity index (χ1n) is 14.6. The van der Waals surface area contributed by atoms with Crippen LogP contribution in [0.25, 0.3) is 11.1 Å². The number of ether oxygens (including phenoxy) is 1. The zero-order valence-corrected chi connectivity index (χ0v) is 23.6. The number of hydrogen-bond acceptors (Lipinski definition) is 7. The maximum Gasteiger partial charge on any atom is 0.411 e. The third-order valence-electron chi connectivity index (χ3n) is 8.00. The molecule has 9 heteroatoms. The van der Waals surface area contributed by atoms with Crippen molar-refractivity contribution in [2.24, 2.45) is 0 Å². The Kier molecular flexibility index (Phi) is 9.71. The summed E-state index contributed by atoms with van der Waals surface area (Å²) in [6.45, 7) is 6.38. The van der Waals surface area contributed by atoms with Gasteiger partial charge in [-0.05, 0) is 56.4 Å². The Morgan fingerprint density at radius 3 is 2.51 bits per heavy atom. The molecule has 3 aromatic rings. The molecule has 2 atom stereocenters. The highest BCUT2D eigenvalue weighted by atomic mass is 16.6. The molecule has 1 aromatic heterocycles. The summed E-state index contributed by atoms with van der Waals surface area (Å²) in [5.41, 5.74) is 2.70. The quantitative estimate of drug-likeness (QED) is 0.347. The molecule has 3 N–H and O–H groups in total. The predicted molar refractivity (Wildman–Crippen MR) is 158 cm³/mol. The number of aliphatic hydroxyl groups excluding tert-OH is 1. The number of rotatable bonds is 9. The molecule has 5 rings (SSSR count). The van der Waals surface area contributed by atoms with E-state index in [4.69, 9.17) is 9.15 Å². The average Bonchev–Trinajstić information content (AvgIpc) is 3.45. The van der Waals surface area contributed by atoms with E-state index in [2.05, 4.69) is 27.4 Å². The highest BCUT2D eigenvalue weighted by molar-refractivity contribution is 5.92. The number of anilines is 1. The van der Waals surface area contributed by atoms with Crippen LogP contribution in [0.4, 0.5) is 10.5 Å². The lowest BCUT2D eigenvalue weighted by Gasteiger charge is -2.35. The van der Waals surface area contributed by atoms with Crippen molar-refractivity contribution in [3.8, 4) is 11.1 Å². The number of benzene rings is 2. The van der Waals surface area contributed by atoms with Gasteiger partial charge in [-0.2, -0.15) is 0 Å². The number of hydrogen-bond donors (Lipinski definition) is 3. The maximum absolute atomic E-state index is 12.7. The fourth-order valence-corrected chi connectivity index (χ4v) is 5.63. The summed E-state index contributed by atoms with van der Waals surface area (Å²) in [4.78, 5) is 29.8. The molecule has 0 aliphatic carbocycles. The van der Waals surface area contributed by atoms with E-state index in [-0.39, 0.29) is 24.2 Å². The molecule has 41 heavy (non-hydrogen) atoms. The van der Waals surface area contributed by atoms with E-state index in [9.17, 15) is 14.7 Å². The number of para-hydroxylation sites is 1. The molecular weight excluding hydrogens is 520 g/mol. The SMILES string of the molecule is CC1CC(O)CCN1Cc1ccc(C(=O)NCCN2CCC(OC(=O)Nc3ccccc3-c3ccccc3)CC2)o1. The van der Waals surface area contributed by atoms with Crippen LogP contribution >= 0.6 is 0 Å². The van der Waals surface area contributed by atoms with Crippen molar-refractivity contribution >= 4 is 17.7 Å². The van der Waals surface area contributed by atoms with Crippen molar-refractivity contribution in [1.82, 2.24) is 15.1 Å². The van der Waals surface area contributed by atoms with Crippen molar-refractivity contribution in [3.63, 3.8) is 0 Å². The van der Waals surface area contributed by atoms with Crippen LogP contribution in [-0.2, 0) is 11.3 Å². The minimum atomic E-state index is -0.441. The Labute approximate surface area is 241 Å². The third-order valence-corrected chi connectivity index (χ3v) is 8.00. The lowest BCUT2D eigenvalue weighted by atomic mass is 10.0. The number of furan rings is 1. The van der Waals surface area contributed by atoms with Gasteiger partial charge in [-0.15, -0.1) is 0 Å². The van der Waals surface area contributed by atoms with Crippen LogP contribution in [0, 0.1) is 0 Å². The largest absolute Gasteiger partial charge is 0.455 e. The highest BCUT2D eigenvalue weighted by Gasteiger charge is 2.26. The maximum atomic E-state index is 12.7. The fourth-order valence-electron chi connectivity index (χ4n) is 5.63. The van der Waals surface area contributed by atoms with Crippen molar-refractivity contribution in [1.29, 1.82) is 0 Å². The lowest BCUT2D eigenvalue weighted by molar-refractivity contribution is 0.0405. The lowest BCUT2D eigenvalue weighted by Crippen LogP contribution is -2.42. The topological polar surface area (TPSA) is 107 Å². The normalized spacial score (nSPS) is 20.4. The van der Waals surface area contributed by atoms with Crippen LogP contribution in [0.1, 0.15) is 48.9 Å². The number of aliphatic hydroxyl groups is 1. The van der Waals surface area contributed by atoms with E-state index in [1.54, 1.807) is 6.07 Å². The second-order valence-electron chi connectivity index (χ2n) is 11.0. The number of carbonyl (C=O) groups is 2. The third kappa shape index (κ3) is 7.97. The van der Waals surface area contributed by atoms with Gasteiger partial charge in [0.1, 0.15) is 11.9 Å². The Morgan fingerprint density at radius 1 is 0.976 bits per heavy atom. The molecular formula is C32H40N4O5. The summed E-state index contributed by atoms with van der Waals surface area (Å²) in [5.74, 6) is 0.855. The number of nitrogens with zero attached hydrogens (tertiary/aromatic N) is 2. The van der Waals surface area contributed by atoms with Crippen molar-refractivity contribution in [3.05, 3.63) is 78.3 Å². The average molecular weight is 561 g/mol. The highest BCUT2D eigenvalue weighted by Crippen LogP contribution is 2.28. The number of piperidine rings is 2. The van der Waals surface area contributed by atoms with Gasteiger partial charge in [-0.25, -0.2) is 4.79 Å². The summed E-state index contributed by atoms with van der Waals surface area (Å²) in [6.07, 6.45) is 2.20. The summed E-state index contributed by atoms with van der Waals surface area (Å²) < 4.78 is 11.5. The van der Waals surface area contributed by atoms with Crippen LogP contribution in [-0.4, -0.2) is 77.9 Å². The molecule has 218 valence electrons. The standard InChI is InChI=1S/C32H40N4O5/c1-23-21-25(37)13-19-36(23)22-27-11-12-30(40-27)31(38)33-16-20-35-17-14-26(15-18-35)41-32(39)34-29-10-6-5-9-28(29)24-7-3-2-4-8-24/h2-12,23,25-26,37H,13-22H2,1H3,(H,33,38)(H,34,39). The first-order valence-corrected chi connectivity index (χ1v) is 14.6. The monoisotopic (exact) mass is 560 g/mol. The number of likely N-dealkylation sites (tertiary alicyclic amines) is 2. The van der Waals surface area contributed by atoms with Crippen LogP contribution in [0.15, 0.2) is 71.1 Å². The molecule has 2 unspecified atom stereocenters. The zero-order valence-electron chi connectivity index (χ0n) is 23.6. The first kappa shape index (κ1) is 28.9. The second-order valence-corrected chi connectivity index (χ2v) is 11.0. The van der Waals surface area contributed by atoms with Gasteiger partial charge in [-0.1, -0.05) is 48.5 Å². The van der Waals surface area contributed by atoms with Crippen LogP contribution in [0.5, 0.6) is 0 Å². The van der Waals surface area contributed by atoms with E-state index in [0.717, 1.165) is 74.4 Å². The van der Waals surface area contributed by atoms with E-state index in [1.807, 2.05) is 60.7 Å². The minimum Gasteiger partial charge on any atom is -0.455 e. The Balaban J connectivity index is 1.00. The molecule has 2 saturated heterocycles. The number of nitrogens with one attached hydrogen (secondary N) is 2. The molecule has 3 heterocycles.